The molecule has 12 heteroatoms. The normalized spacial score (nSPS) is 17.1. The lowest BCUT2D eigenvalue weighted by Gasteiger charge is -2.33. The van der Waals surface area contributed by atoms with Crippen LogP contribution >= 0.6 is 27.3 Å². The summed E-state index contributed by atoms with van der Waals surface area (Å²) in [5.74, 6) is 0.496. The van der Waals surface area contributed by atoms with E-state index in [2.05, 4.69) is 40.9 Å². The predicted molar refractivity (Wildman–Crippen MR) is 146 cm³/mol. The molecular formula is C25H32BrFN4O5S. The fourth-order valence-corrected chi connectivity index (χ4v) is 4.05. The predicted octanol–water partition coefficient (Wildman–Crippen LogP) is 2.86. The molecule has 0 spiro atoms. The summed E-state index contributed by atoms with van der Waals surface area (Å²) < 4.78 is 22.8. The SMILES string of the molecule is CO.COC.Fc1cccc(Br)c1.O=C/C=C/[C@@H]1CN(CC2=C(C=O)CN=C(c3nccs3)N2)CCO1. The molecule has 0 saturated carbocycles. The van der Waals surface area contributed by atoms with E-state index in [4.69, 9.17) is 9.84 Å². The fourth-order valence-electron chi connectivity index (χ4n) is 3.08. The second kappa shape index (κ2) is 19.5. The Morgan fingerprint density at radius 2 is 2.11 bits per heavy atom. The molecule has 2 aromatic rings. The number of aromatic nitrogens is 1. The first-order chi connectivity index (χ1) is 18.0. The van der Waals surface area contributed by atoms with E-state index in [9.17, 15) is 14.0 Å². The van der Waals surface area contributed by atoms with Crippen molar-refractivity contribution in [1.29, 1.82) is 0 Å². The average Bonchev–Trinajstić information content (AvgIpc) is 3.45. The van der Waals surface area contributed by atoms with Crippen molar-refractivity contribution in [3.63, 3.8) is 0 Å². The molecule has 4 rings (SSSR count). The van der Waals surface area contributed by atoms with E-state index in [0.717, 1.165) is 41.4 Å². The van der Waals surface area contributed by atoms with Crippen LogP contribution in [0.5, 0.6) is 0 Å². The van der Waals surface area contributed by atoms with Crippen LogP contribution < -0.4 is 5.32 Å². The van der Waals surface area contributed by atoms with Crippen LogP contribution in [-0.2, 0) is 19.1 Å². The Kier molecular flexibility index (Phi) is 17.1. The van der Waals surface area contributed by atoms with Gasteiger partial charge in [-0.2, -0.15) is 0 Å². The third-order valence-electron chi connectivity index (χ3n) is 4.59. The lowest BCUT2D eigenvalue weighted by molar-refractivity contribution is -0.105. The van der Waals surface area contributed by atoms with E-state index in [-0.39, 0.29) is 11.9 Å². The Morgan fingerprint density at radius 3 is 2.68 bits per heavy atom. The minimum Gasteiger partial charge on any atom is -0.400 e. The van der Waals surface area contributed by atoms with Crippen LogP contribution in [0.3, 0.4) is 0 Å². The summed E-state index contributed by atoms with van der Waals surface area (Å²) >= 11 is 4.63. The highest BCUT2D eigenvalue weighted by Gasteiger charge is 2.23. The number of ether oxygens (including phenoxy) is 2. The number of hydrogen-bond acceptors (Lipinski definition) is 10. The number of halogens is 2. The molecule has 0 radical (unpaired) electrons. The van der Waals surface area contributed by atoms with Gasteiger partial charge in [-0.25, -0.2) is 9.37 Å². The summed E-state index contributed by atoms with van der Waals surface area (Å²) in [5.41, 5.74) is 1.51. The first kappa shape index (κ1) is 32.4. The van der Waals surface area contributed by atoms with Gasteiger partial charge in [0.2, 0.25) is 0 Å². The van der Waals surface area contributed by atoms with Gasteiger partial charge < -0.3 is 19.9 Å². The Morgan fingerprint density at radius 1 is 1.35 bits per heavy atom. The number of aliphatic hydroxyl groups excluding tert-OH is 1. The Labute approximate surface area is 228 Å². The molecule has 0 unspecified atom stereocenters. The molecule has 1 atom stereocenters. The number of aldehydes is 2. The Balaban J connectivity index is 0.000000437. The lowest BCUT2D eigenvalue weighted by atomic mass is 10.1. The molecule has 1 aromatic carbocycles. The van der Waals surface area contributed by atoms with Crippen LogP contribution in [0.1, 0.15) is 5.01 Å². The molecule has 0 amide bonds. The van der Waals surface area contributed by atoms with Crippen molar-refractivity contribution in [2.75, 3.05) is 54.1 Å². The van der Waals surface area contributed by atoms with Gasteiger partial charge in [-0.05, 0) is 24.3 Å². The maximum Gasteiger partial charge on any atom is 0.162 e. The summed E-state index contributed by atoms with van der Waals surface area (Å²) in [7, 11) is 4.25. The van der Waals surface area contributed by atoms with Gasteiger partial charge in [-0.15, -0.1) is 11.3 Å². The number of carbonyl (C=O) groups is 2. The number of aliphatic hydroxyl groups is 1. The van der Waals surface area contributed by atoms with E-state index in [1.165, 1.54) is 29.5 Å². The van der Waals surface area contributed by atoms with Gasteiger partial charge in [0.25, 0.3) is 0 Å². The van der Waals surface area contributed by atoms with Gasteiger partial charge in [-0.1, -0.05) is 28.1 Å². The number of hydrogen-bond donors (Lipinski definition) is 2. The van der Waals surface area contributed by atoms with E-state index in [1.54, 1.807) is 38.6 Å². The fraction of sp³-hybridized carbons (Fsp3) is 0.360. The summed E-state index contributed by atoms with van der Waals surface area (Å²) in [5, 5.41) is 13.0. The minimum absolute atomic E-state index is 0.111. The molecule has 0 aliphatic carbocycles. The molecule has 9 nitrogen and oxygen atoms in total. The Hall–Kier alpha value is -2.61. The summed E-state index contributed by atoms with van der Waals surface area (Å²) in [4.78, 5) is 32.6. The maximum absolute atomic E-state index is 12.1. The molecule has 3 heterocycles. The van der Waals surface area contributed by atoms with Gasteiger partial charge in [0.1, 0.15) is 18.4 Å². The molecule has 1 saturated heterocycles. The summed E-state index contributed by atoms with van der Waals surface area (Å²) in [6.45, 7) is 3.00. The van der Waals surface area contributed by atoms with Crippen LogP contribution in [0.2, 0.25) is 0 Å². The molecule has 2 N–H and O–H groups in total. The number of amidine groups is 1. The smallest absolute Gasteiger partial charge is 0.162 e. The first-order valence-corrected chi connectivity index (χ1v) is 12.8. The zero-order valence-corrected chi connectivity index (χ0v) is 23.4. The highest BCUT2D eigenvalue weighted by Crippen LogP contribution is 2.15. The molecule has 1 aromatic heterocycles. The number of nitrogens with zero attached hydrogens (tertiary/aromatic N) is 3. The molecule has 2 aliphatic rings. The second-order valence-electron chi connectivity index (χ2n) is 7.26. The topological polar surface area (TPSA) is 113 Å². The van der Waals surface area contributed by atoms with Crippen LogP contribution in [0.25, 0.3) is 0 Å². The third-order valence-corrected chi connectivity index (χ3v) is 5.86. The molecule has 2 aliphatic heterocycles. The van der Waals surface area contributed by atoms with Gasteiger partial charge in [0.05, 0.1) is 19.3 Å². The molecule has 1 fully saturated rings. The van der Waals surface area contributed by atoms with Crippen molar-refractivity contribution in [3.8, 4) is 0 Å². The minimum atomic E-state index is -0.209. The van der Waals surface area contributed by atoms with Crippen molar-refractivity contribution in [2.45, 2.75) is 6.10 Å². The zero-order valence-electron chi connectivity index (χ0n) is 21.0. The highest BCUT2D eigenvalue weighted by molar-refractivity contribution is 9.10. The third kappa shape index (κ3) is 12.5. The van der Waals surface area contributed by atoms with E-state index in [1.807, 2.05) is 5.38 Å². The summed E-state index contributed by atoms with van der Waals surface area (Å²) in [6.07, 6.45) is 6.43. The highest BCUT2D eigenvalue weighted by atomic mass is 79.9. The zero-order chi connectivity index (χ0) is 27.5. The van der Waals surface area contributed by atoms with Crippen molar-refractivity contribution in [1.82, 2.24) is 15.2 Å². The number of aliphatic imine (C=N–C) groups is 1. The van der Waals surface area contributed by atoms with E-state index >= 15 is 0 Å². The van der Waals surface area contributed by atoms with Gasteiger partial charge in [0, 0.05) is 68.3 Å². The lowest BCUT2D eigenvalue weighted by Crippen LogP contribution is -2.45. The quantitative estimate of drug-likeness (QED) is 0.385. The largest absolute Gasteiger partial charge is 0.400 e. The van der Waals surface area contributed by atoms with Crippen molar-refractivity contribution in [2.24, 2.45) is 4.99 Å². The summed E-state index contributed by atoms with van der Waals surface area (Å²) in [6, 6.07) is 6.26. The van der Waals surface area contributed by atoms with Crippen LogP contribution in [-0.4, -0.2) is 93.6 Å². The number of rotatable bonds is 6. The van der Waals surface area contributed by atoms with E-state index < -0.39 is 0 Å². The van der Waals surface area contributed by atoms with Crippen LogP contribution in [0.15, 0.2) is 68.7 Å². The number of nitrogens with one attached hydrogen (secondary N) is 1. The Bertz CT molecular complexity index is 1020. The number of thiazole rings is 1. The molecule has 202 valence electrons. The average molecular weight is 600 g/mol. The van der Waals surface area contributed by atoms with Gasteiger partial charge in [-0.3, -0.25) is 19.5 Å². The standard InChI is InChI=1S/C16H18N4O3S.C6H4BrF.C2H6O.CH4O/c21-5-1-2-13-9-20(4-6-23-13)10-14-12(11-22)8-18-15(19-14)16-17-3-7-24-16;7-5-2-1-3-6(8)4-5;1-3-2;1-2/h1-3,5,7,11,13H,4,6,8-10H2,(H,18,19);1-4H;1-2H3;2H,1H3/b2-1+;;;/t13-;;;/m1.../s1. The van der Waals surface area contributed by atoms with Crippen molar-refractivity contribution < 1.29 is 28.6 Å². The number of carbonyl (C=O) groups excluding carboxylic acids is 2. The molecular weight excluding hydrogens is 567 g/mol. The number of morpholine rings is 1. The van der Waals surface area contributed by atoms with Gasteiger partial charge in [0.15, 0.2) is 10.8 Å². The van der Waals surface area contributed by atoms with Crippen LogP contribution in [0.4, 0.5) is 4.39 Å². The first-order valence-electron chi connectivity index (χ1n) is 11.1. The number of methoxy groups -OCH3 is 1. The number of allylic oxidation sites excluding steroid dienone is 1. The molecule has 0 bridgehead atoms. The van der Waals surface area contributed by atoms with Crippen molar-refractivity contribution in [3.05, 3.63) is 74.6 Å². The number of benzene rings is 1. The molecule has 37 heavy (non-hydrogen) atoms. The van der Waals surface area contributed by atoms with E-state index in [0.29, 0.717) is 37.6 Å². The van der Waals surface area contributed by atoms with Gasteiger partial charge >= 0.3 is 0 Å². The van der Waals surface area contributed by atoms with Crippen LogP contribution in [0, 0.1) is 5.82 Å². The van der Waals surface area contributed by atoms with Crippen molar-refractivity contribution >= 4 is 45.7 Å². The maximum atomic E-state index is 12.1. The second-order valence-corrected chi connectivity index (χ2v) is 9.07. The monoisotopic (exact) mass is 598 g/mol.